The van der Waals surface area contributed by atoms with Crippen LogP contribution < -0.4 is 9.47 Å². The van der Waals surface area contributed by atoms with Crippen molar-refractivity contribution in [2.24, 2.45) is 0 Å². The number of benzene rings is 1. The second-order valence-electron chi connectivity index (χ2n) is 3.95. The Morgan fingerprint density at radius 3 is 2.65 bits per heavy atom. The molecule has 1 aromatic carbocycles. The van der Waals surface area contributed by atoms with E-state index in [1.165, 1.54) is 14.2 Å². The number of hydrogen-bond acceptors (Lipinski definition) is 4. The Balaban J connectivity index is 2.66. The molecule has 0 atom stereocenters. The molecule has 0 saturated carbocycles. The number of ketones is 1. The smallest absolute Gasteiger partial charge is 0.178 e. The first kappa shape index (κ1) is 11.5. The Hall–Kier alpha value is -2.02. The van der Waals surface area contributed by atoms with Gasteiger partial charge in [0, 0.05) is 12.8 Å². The minimum atomic E-state index is 0.202. The molecule has 88 valence electrons. The van der Waals surface area contributed by atoms with Gasteiger partial charge in [-0.05, 0) is 23.6 Å². The molecular formula is C13H13NO3. The van der Waals surface area contributed by atoms with Crippen LogP contribution in [0.1, 0.15) is 23.1 Å². The normalized spacial score (nSPS) is 13.8. The lowest BCUT2D eigenvalue weighted by Crippen LogP contribution is -2.15. The van der Waals surface area contributed by atoms with Crippen molar-refractivity contribution in [3.63, 3.8) is 0 Å². The summed E-state index contributed by atoms with van der Waals surface area (Å²) in [6.07, 6.45) is 1.49. The van der Waals surface area contributed by atoms with Crippen LogP contribution in [0.2, 0.25) is 0 Å². The molecule has 4 nitrogen and oxygen atoms in total. The highest BCUT2D eigenvalue weighted by molar-refractivity contribution is 5.84. The van der Waals surface area contributed by atoms with Gasteiger partial charge in [-0.25, -0.2) is 0 Å². The maximum Gasteiger partial charge on any atom is 0.178 e. The van der Waals surface area contributed by atoms with Crippen LogP contribution in [0, 0.1) is 11.3 Å². The molecule has 0 unspecified atom stereocenters. The summed E-state index contributed by atoms with van der Waals surface area (Å²) < 4.78 is 10.4. The highest BCUT2D eigenvalue weighted by Crippen LogP contribution is 2.37. The fourth-order valence-corrected chi connectivity index (χ4v) is 2.21. The van der Waals surface area contributed by atoms with Crippen LogP contribution in [-0.2, 0) is 17.6 Å². The molecule has 0 amide bonds. The minimum Gasteiger partial charge on any atom is -0.493 e. The third-order valence-corrected chi connectivity index (χ3v) is 3.02. The van der Waals surface area contributed by atoms with Crippen LogP contribution in [0.5, 0.6) is 11.5 Å². The van der Waals surface area contributed by atoms with E-state index in [9.17, 15) is 10.1 Å². The van der Waals surface area contributed by atoms with Crippen molar-refractivity contribution in [1.29, 1.82) is 5.26 Å². The lowest BCUT2D eigenvalue weighted by Gasteiger charge is -2.20. The average molecular weight is 231 g/mol. The van der Waals surface area contributed by atoms with Gasteiger partial charge in [0.2, 0.25) is 0 Å². The maximum absolute atomic E-state index is 11.4. The van der Waals surface area contributed by atoms with Crippen molar-refractivity contribution in [2.45, 2.75) is 19.3 Å². The maximum atomic E-state index is 11.4. The number of carbonyl (C=O) groups excluding carboxylic acids is 1. The molecule has 0 heterocycles. The molecule has 0 bridgehead atoms. The summed E-state index contributed by atoms with van der Waals surface area (Å²) in [6.45, 7) is 0. The molecule has 1 aliphatic rings. The predicted octanol–water partition coefficient (Wildman–Crippen LogP) is 1.63. The van der Waals surface area contributed by atoms with Gasteiger partial charge < -0.3 is 9.47 Å². The van der Waals surface area contributed by atoms with Crippen LogP contribution in [0.3, 0.4) is 0 Å². The van der Waals surface area contributed by atoms with Gasteiger partial charge in [-0.3, -0.25) is 4.79 Å². The van der Waals surface area contributed by atoms with Crippen molar-refractivity contribution in [3.05, 3.63) is 22.8 Å². The summed E-state index contributed by atoms with van der Waals surface area (Å²) in [5.74, 6) is 1.18. The second kappa shape index (κ2) is 4.46. The topological polar surface area (TPSA) is 59.3 Å². The molecule has 0 aromatic heterocycles. The van der Waals surface area contributed by atoms with Crippen molar-refractivity contribution < 1.29 is 14.3 Å². The van der Waals surface area contributed by atoms with Crippen LogP contribution in [0.15, 0.2) is 6.07 Å². The van der Waals surface area contributed by atoms with E-state index in [0.29, 0.717) is 36.3 Å². The van der Waals surface area contributed by atoms with E-state index in [2.05, 4.69) is 6.07 Å². The van der Waals surface area contributed by atoms with Gasteiger partial charge >= 0.3 is 0 Å². The van der Waals surface area contributed by atoms with E-state index in [1.807, 2.05) is 0 Å². The summed E-state index contributed by atoms with van der Waals surface area (Å²) in [7, 11) is 3.04. The third-order valence-electron chi connectivity index (χ3n) is 3.02. The number of rotatable bonds is 2. The molecule has 0 spiro atoms. The minimum absolute atomic E-state index is 0.202. The fraction of sp³-hybridized carbons (Fsp3) is 0.385. The standard InChI is InChI=1S/C13H13NO3/c1-16-12-6-8-5-9(15)3-4-10(8)11(7-14)13(12)17-2/h6H,3-5H2,1-2H3. The molecule has 1 aromatic rings. The predicted molar refractivity (Wildman–Crippen MR) is 61.3 cm³/mol. The van der Waals surface area contributed by atoms with Gasteiger partial charge in [0.25, 0.3) is 0 Å². The second-order valence-corrected chi connectivity index (χ2v) is 3.95. The zero-order valence-corrected chi connectivity index (χ0v) is 9.87. The first-order valence-electron chi connectivity index (χ1n) is 5.39. The van der Waals surface area contributed by atoms with Crippen molar-refractivity contribution >= 4 is 5.78 Å². The first-order valence-corrected chi connectivity index (χ1v) is 5.39. The fourth-order valence-electron chi connectivity index (χ4n) is 2.21. The number of Topliss-reactive ketones (excluding diaryl/α,β-unsaturated/α-hetero) is 1. The van der Waals surface area contributed by atoms with Crippen molar-refractivity contribution in [3.8, 4) is 17.6 Å². The average Bonchev–Trinajstić information content (AvgIpc) is 2.35. The Kier molecular flexibility index (Phi) is 3.01. The number of ether oxygens (including phenoxy) is 2. The van der Waals surface area contributed by atoms with Gasteiger partial charge in [-0.15, -0.1) is 0 Å². The Bertz CT molecular complexity index is 514. The Morgan fingerprint density at radius 2 is 2.06 bits per heavy atom. The molecule has 0 radical (unpaired) electrons. The van der Waals surface area contributed by atoms with Gasteiger partial charge in [-0.1, -0.05) is 0 Å². The van der Waals surface area contributed by atoms with Gasteiger partial charge in [0.05, 0.1) is 14.2 Å². The Labute approximate surface area is 99.8 Å². The molecular weight excluding hydrogens is 218 g/mol. The number of nitriles is 1. The highest BCUT2D eigenvalue weighted by atomic mass is 16.5. The summed E-state index contributed by atoms with van der Waals surface area (Å²) >= 11 is 0. The molecule has 0 aliphatic heterocycles. The van der Waals surface area contributed by atoms with Crippen LogP contribution in [0.25, 0.3) is 0 Å². The van der Waals surface area contributed by atoms with E-state index in [0.717, 1.165) is 11.1 Å². The van der Waals surface area contributed by atoms with Crippen molar-refractivity contribution in [2.75, 3.05) is 14.2 Å². The summed E-state index contributed by atoms with van der Waals surface area (Å²) in [5.41, 5.74) is 2.30. The van der Waals surface area contributed by atoms with Gasteiger partial charge in [-0.2, -0.15) is 5.26 Å². The van der Waals surface area contributed by atoms with Crippen molar-refractivity contribution in [1.82, 2.24) is 0 Å². The van der Waals surface area contributed by atoms with Crippen LogP contribution >= 0.6 is 0 Å². The molecule has 17 heavy (non-hydrogen) atoms. The zero-order valence-electron chi connectivity index (χ0n) is 9.87. The van der Waals surface area contributed by atoms with Crippen LogP contribution in [0.4, 0.5) is 0 Å². The molecule has 1 aliphatic carbocycles. The summed E-state index contributed by atoms with van der Waals surface area (Å²) in [6, 6.07) is 3.95. The van der Waals surface area contributed by atoms with Gasteiger partial charge in [0.1, 0.15) is 17.4 Å². The lowest BCUT2D eigenvalue weighted by atomic mass is 9.87. The monoisotopic (exact) mass is 231 g/mol. The lowest BCUT2D eigenvalue weighted by molar-refractivity contribution is -0.118. The molecule has 0 N–H and O–H groups in total. The number of hydrogen-bond donors (Lipinski definition) is 0. The zero-order chi connectivity index (χ0) is 12.4. The van der Waals surface area contributed by atoms with E-state index >= 15 is 0 Å². The number of methoxy groups -OCH3 is 2. The largest absolute Gasteiger partial charge is 0.493 e. The van der Waals surface area contributed by atoms with E-state index in [-0.39, 0.29) is 5.78 Å². The summed E-state index contributed by atoms with van der Waals surface area (Å²) in [5, 5.41) is 9.22. The first-order chi connectivity index (χ1) is 8.21. The Morgan fingerprint density at radius 1 is 1.29 bits per heavy atom. The van der Waals surface area contributed by atoms with E-state index in [1.54, 1.807) is 6.07 Å². The molecule has 0 saturated heterocycles. The van der Waals surface area contributed by atoms with E-state index in [4.69, 9.17) is 9.47 Å². The molecule has 0 fully saturated rings. The number of fused-ring (bicyclic) bond motifs is 1. The SMILES string of the molecule is COc1cc2c(c(C#N)c1OC)CCC(=O)C2. The highest BCUT2D eigenvalue weighted by Gasteiger charge is 2.24. The van der Waals surface area contributed by atoms with E-state index < -0.39 is 0 Å². The number of nitrogens with zero attached hydrogens (tertiary/aromatic N) is 1. The molecule has 4 heteroatoms. The summed E-state index contributed by atoms with van der Waals surface area (Å²) in [4.78, 5) is 11.4. The molecule has 2 rings (SSSR count). The third kappa shape index (κ3) is 1.84. The number of carbonyl (C=O) groups is 1. The quantitative estimate of drug-likeness (QED) is 0.776. The van der Waals surface area contributed by atoms with Gasteiger partial charge in [0.15, 0.2) is 11.5 Å². The van der Waals surface area contributed by atoms with Crippen LogP contribution in [-0.4, -0.2) is 20.0 Å².